The van der Waals surface area contributed by atoms with Gasteiger partial charge in [0.05, 0.1) is 18.0 Å². The van der Waals surface area contributed by atoms with E-state index in [1.54, 1.807) is 7.05 Å². The summed E-state index contributed by atoms with van der Waals surface area (Å²) in [5, 5.41) is 2.66. The molecule has 2 amide bonds. The van der Waals surface area contributed by atoms with Gasteiger partial charge in [-0.2, -0.15) is 0 Å². The summed E-state index contributed by atoms with van der Waals surface area (Å²) in [6.45, 7) is 0.617. The Bertz CT molecular complexity index is 700. The van der Waals surface area contributed by atoms with Gasteiger partial charge in [0.15, 0.2) is 0 Å². The number of cyclic esters (lactones) is 1. The number of nitrogens with zero attached hydrogens (tertiary/aromatic N) is 2. The van der Waals surface area contributed by atoms with E-state index in [2.05, 4.69) is 5.32 Å². The van der Waals surface area contributed by atoms with Crippen LogP contribution in [0.2, 0.25) is 0 Å². The zero-order chi connectivity index (χ0) is 17.2. The smallest absolute Gasteiger partial charge is 0.410 e. The number of amides is 2. The molecule has 9 heteroatoms. The number of rotatable bonds is 5. The van der Waals surface area contributed by atoms with E-state index in [0.29, 0.717) is 12.1 Å². The topological polar surface area (TPSA) is 96.0 Å². The number of ether oxygens (including phenoxy) is 1. The van der Waals surface area contributed by atoms with Crippen LogP contribution in [-0.4, -0.2) is 70.0 Å². The van der Waals surface area contributed by atoms with Crippen LogP contribution in [-0.2, 0) is 14.8 Å². The van der Waals surface area contributed by atoms with Crippen LogP contribution in [0, 0.1) is 0 Å². The Morgan fingerprint density at radius 3 is 2.43 bits per heavy atom. The summed E-state index contributed by atoms with van der Waals surface area (Å²) in [6.07, 6.45) is -0.799. The fourth-order valence-corrected chi connectivity index (χ4v) is 2.96. The van der Waals surface area contributed by atoms with Gasteiger partial charge in [0.25, 0.3) is 5.91 Å². The first-order valence-corrected chi connectivity index (χ1v) is 8.38. The molecule has 1 N–H and O–H groups in total. The summed E-state index contributed by atoms with van der Waals surface area (Å²) in [4.78, 5) is 24.8. The minimum absolute atomic E-state index is 0.116. The van der Waals surface area contributed by atoms with Gasteiger partial charge in [0.2, 0.25) is 10.0 Å². The number of hydrogen-bond donors (Lipinski definition) is 1. The van der Waals surface area contributed by atoms with Gasteiger partial charge in [-0.05, 0) is 24.3 Å². The first kappa shape index (κ1) is 17.2. The molecule has 0 saturated carbocycles. The summed E-state index contributed by atoms with van der Waals surface area (Å²) < 4.78 is 30.0. The van der Waals surface area contributed by atoms with E-state index in [-0.39, 0.29) is 23.5 Å². The van der Waals surface area contributed by atoms with Crippen LogP contribution >= 0.6 is 0 Å². The third-order valence-corrected chi connectivity index (χ3v) is 5.27. The first-order chi connectivity index (χ1) is 10.7. The quantitative estimate of drug-likeness (QED) is 0.820. The Labute approximate surface area is 135 Å². The van der Waals surface area contributed by atoms with E-state index in [9.17, 15) is 18.0 Å². The Kier molecular flexibility index (Phi) is 4.90. The van der Waals surface area contributed by atoms with E-state index >= 15 is 0 Å². The summed E-state index contributed by atoms with van der Waals surface area (Å²) in [5.74, 6) is -0.357. The van der Waals surface area contributed by atoms with Crippen molar-refractivity contribution >= 4 is 22.0 Å². The van der Waals surface area contributed by atoms with Gasteiger partial charge < -0.3 is 15.0 Å². The minimum atomic E-state index is -3.52. The van der Waals surface area contributed by atoms with E-state index in [1.807, 2.05) is 0 Å². The second-order valence-electron chi connectivity index (χ2n) is 5.41. The lowest BCUT2D eigenvalue weighted by atomic mass is 10.2. The molecule has 23 heavy (non-hydrogen) atoms. The standard InChI is InChI=1S/C14H19N3O5S/c1-16(2)23(20,21)12-6-4-10(5-7-12)13(18)15-8-11-9-17(3)14(19)22-11/h4-7,11H,8-9H2,1-3H3,(H,15,18). The molecule has 1 atom stereocenters. The fraction of sp³-hybridized carbons (Fsp3) is 0.429. The first-order valence-electron chi connectivity index (χ1n) is 6.94. The zero-order valence-electron chi connectivity index (χ0n) is 13.1. The zero-order valence-corrected chi connectivity index (χ0v) is 14.0. The van der Waals surface area contributed by atoms with Gasteiger partial charge >= 0.3 is 6.09 Å². The molecule has 1 aliphatic heterocycles. The van der Waals surface area contributed by atoms with Crippen LogP contribution in [0.1, 0.15) is 10.4 Å². The highest BCUT2D eigenvalue weighted by atomic mass is 32.2. The molecule has 1 saturated heterocycles. The van der Waals surface area contributed by atoms with Crippen LogP contribution < -0.4 is 5.32 Å². The monoisotopic (exact) mass is 341 g/mol. The molecule has 0 bridgehead atoms. The highest BCUT2D eigenvalue weighted by molar-refractivity contribution is 7.89. The molecule has 8 nitrogen and oxygen atoms in total. The molecular weight excluding hydrogens is 322 g/mol. The van der Waals surface area contributed by atoms with Gasteiger partial charge in [-0.15, -0.1) is 0 Å². The number of carbonyl (C=O) groups excluding carboxylic acids is 2. The molecule has 1 aliphatic rings. The van der Waals surface area contributed by atoms with Crippen LogP contribution in [0.25, 0.3) is 0 Å². The number of carbonyl (C=O) groups is 2. The maximum absolute atomic E-state index is 12.0. The van der Waals surface area contributed by atoms with Gasteiger partial charge in [0, 0.05) is 26.7 Å². The summed E-state index contributed by atoms with van der Waals surface area (Å²) in [6, 6.07) is 5.65. The lowest BCUT2D eigenvalue weighted by Gasteiger charge is -2.12. The van der Waals surface area contributed by atoms with E-state index in [1.165, 1.54) is 43.3 Å². The molecule has 0 aliphatic carbocycles. The van der Waals surface area contributed by atoms with Crippen LogP contribution in [0.4, 0.5) is 4.79 Å². The maximum Gasteiger partial charge on any atom is 0.410 e. The van der Waals surface area contributed by atoms with E-state index < -0.39 is 16.1 Å². The molecule has 1 aromatic rings. The van der Waals surface area contributed by atoms with Gasteiger partial charge in [-0.1, -0.05) is 0 Å². The molecular formula is C14H19N3O5S. The molecule has 2 rings (SSSR count). The Balaban J connectivity index is 1.97. The third kappa shape index (κ3) is 3.80. The number of benzene rings is 1. The molecule has 0 radical (unpaired) electrons. The van der Waals surface area contributed by atoms with E-state index in [4.69, 9.17) is 4.74 Å². The van der Waals surface area contributed by atoms with Crippen molar-refractivity contribution in [3.63, 3.8) is 0 Å². The van der Waals surface area contributed by atoms with Gasteiger partial charge in [-0.3, -0.25) is 4.79 Å². The fourth-order valence-electron chi connectivity index (χ4n) is 2.05. The average Bonchev–Trinajstić information content (AvgIpc) is 2.83. The number of sulfonamides is 1. The van der Waals surface area contributed by atoms with Crippen molar-refractivity contribution in [1.29, 1.82) is 0 Å². The number of hydrogen-bond acceptors (Lipinski definition) is 5. The van der Waals surface area contributed by atoms with Crippen molar-refractivity contribution in [2.24, 2.45) is 0 Å². The Morgan fingerprint density at radius 1 is 1.35 bits per heavy atom. The van der Waals surface area contributed by atoms with Crippen molar-refractivity contribution in [2.75, 3.05) is 34.2 Å². The van der Waals surface area contributed by atoms with E-state index in [0.717, 1.165) is 4.31 Å². The third-order valence-electron chi connectivity index (χ3n) is 3.44. The lowest BCUT2D eigenvalue weighted by Crippen LogP contribution is -2.34. The predicted octanol–water partition coefficient (Wildman–Crippen LogP) is 0.117. The Hall–Kier alpha value is -2.13. The largest absolute Gasteiger partial charge is 0.442 e. The summed E-state index contributed by atoms with van der Waals surface area (Å²) >= 11 is 0. The minimum Gasteiger partial charge on any atom is -0.442 e. The van der Waals surface area contributed by atoms with Crippen molar-refractivity contribution in [2.45, 2.75) is 11.0 Å². The van der Waals surface area contributed by atoms with Gasteiger partial charge in [-0.25, -0.2) is 17.5 Å². The van der Waals surface area contributed by atoms with Gasteiger partial charge in [0.1, 0.15) is 6.10 Å². The summed E-state index contributed by atoms with van der Waals surface area (Å²) in [7, 11) is 0.981. The van der Waals surface area contributed by atoms with Crippen LogP contribution in [0.15, 0.2) is 29.2 Å². The molecule has 0 aromatic heterocycles. The predicted molar refractivity (Wildman–Crippen MR) is 82.5 cm³/mol. The van der Waals surface area contributed by atoms with Crippen molar-refractivity contribution in [3.05, 3.63) is 29.8 Å². The number of likely N-dealkylation sites (N-methyl/N-ethyl adjacent to an activating group) is 1. The average molecular weight is 341 g/mol. The lowest BCUT2D eigenvalue weighted by molar-refractivity contribution is 0.0915. The molecule has 1 unspecified atom stereocenters. The second kappa shape index (κ2) is 6.55. The molecule has 0 spiro atoms. The molecule has 1 fully saturated rings. The van der Waals surface area contributed by atoms with Crippen molar-refractivity contribution in [1.82, 2.24) is 14.5 Å². The highest BCUT2D eigenvalue weighted by Crippen LogP contribution is 2.14. The molecule has 1 heterocycles. The summed E-state index contributed by atoms with van der Waals surface area (Å²) in [5.41, 5.74) is 0.334. The van der Waals surface area contributed by atoms with Crippen LogP contribution in [0.3, 0.4) is 0 Å². The van der Waals surface area contributed by atoms with Crippen LogP contribution in [0.5, 0.6) is 0 Å². The molecule has 126 valence electrons. The van der Waals surface area contributed by atoms with Crippen molar-refractivity contribution < 1.29 is 22.7 Å². The normalized spacial score (nSPS) is 18.2. The SMILES string of the molecule is CN1CC(CNC(=O)c2ccc(S(=O)(=O)N(C)C)cc2)OC1=O. The number of nitrogens with one attached hydrogen (secondary N) is 1. The Morgan fingerprint density at radius 2 is 1.96 bits per heavy atom. The van der Waals surface area contributed by atoms with Crippen molar-refractivity contribution in [3.8, 4) is 0 Å². The maximum atomic E-state index is 12.0. The molecule has 1 aromatic carbocycles. The highest BCUT2D eigenvalue weighted by Gasteiger charge is 2.28. The second-order valence-corrected chi connectivity index (χ2v) is 7.56.